The molecule has 0 saturated carbocycles. The second kappa shape index (κ2) is 6.79. The highest BCUT2D eigenvalue weighted by atomic mass is 16.5. The molecule has 116 valence electrons. The molecule has 0 fully saturated rings. The van der Waals surface area contributed by atoms with Crippen molar-refractivity contribution in [3.05, 3.63) is 78.4 Å². The van der Waals surface area contributed by atoms with Gasteiger partial charge in [-0.05, 0) is 29.8 Å². The zero-order chi connectivity index (χ0) is 16.1. The van der Waals surface area contributed by atoms with Crippen LogP contribution < -0.4 is 10.1 Å². The first-order valence-electron chi connectivity index (χ1n) is 7.25. The molecule has 5 nitrogen and oxygen atoms in total. The van der Waals surface area contributed by atoms with Gasteiger partial charge in [0.15, 0.2) is 0 Å². The topological polar surface area (TPSA) is 56.1 Å². The SMILES string of the molecule is COc1ccccc1C(=O)Nc1cccc(Cn2ccnc2)c1. The van der Waals surface area contributed by atoms with Gasteiger partial charge in [0.05, 0.1) is 19.0 Å². The van der Waals surface area contributed by atoms with E-state index in [2.05, 4.69) is 10.3 Å². The first kappa shape index (κ1) is 14.8. The van der Waals surface area contributed by atoms with Crippen molar-refractivity contribution < 1.29 is 9.53 Å². The van der Waals surface area contributed by atoms with Crippen LogP contribution in [0.25, 0.3) is 0 Å². The third kappa shape index (κ3) is 3.58. The van der Waals surface area contributed by atoms with E-state index in [0.29, 0.717) is 17.9 Å². The number of amides is 1. The molecule has 0 aliphatic heterocycles. The highest BCUT2D eigenvalue weighted by molar-refractivity contribution is 6.06. The number of methoxy groups -OCH3 is 1. The average Bonchev–Trinajstić information content (AvgIpc) is 3.08. The first-order valence-corrected chi connectivity index (χ1v) is 7.25. The number of anilines is 1. The predicted molar refractivity (Wildman–Crippen MR) is 88.7 cm³/mol. The minimum absolute atomic E-state index is 0.192. The number of hydrogen-bond acceptors (Lipinski definition) is 3. The maximum Gasteiger partial charge on any atom is 0.259 e. The van der Waals surface area contributed by atoms with Crippen LogP contribution in [-0.2, 0) is 6.54 Å². The van der Waals surface area contributed by atoms with Gasteiger partial charge >= 0.3 is 0 Å². The molecule has 1 amide bonds. The molecule has 0 radical (unpaired) electrons. The summed E-state index contributed by atoms with van der Waals surface area (Å²) in [5.74, 6) is 0.363. The molecule has 3 rings (SSSR count). The number of aromatic nitrogens is 2. The van der Waals surface area contributed by atoms with Gasteiger partial charge < -0.3 is 14.6 Å². The van der Waals surface area contributed by atoms with Crippen molar-refractivity contribution in [2.45, 2.75) is 6.54 Å². The Morgan fingerprint density at radius 2 is 2.09 bits per heavy atom. The molecular weight excluding hydrogens is 290 g/mol. The summed E-state index contributed by atoms with van der Waals surface area (Å²) >= 11 is 0. The van der Waals surface area contributed by atoms with Gasteiger partial charge in [0.25, 0.3) is 5.91 Å². The van der Waals surface area contributed by atoms with Gasteiger partial charge in [0, 0.05) is 24.6 Å². The van der Waals surface area contributed by atoms with Crippen LogP contribution in [0.15, 0.2) is 67.3 Å². The molecule has 1 N–H and O–H groups in total. The molecule has 2 aromatic carbocycles. The maximum absolute atomic E-state index is 12.4. The highest BCUT2D eigenvalue weighted by Gasteiger charge is 2.11. The summed E-state index contributed by atoms with van der Waals surface area (Å²) in [7, 11) is 1.55. The highest BCUT2D eigenvalue weighted by Crippen LogP contribution is 2.19. The van der Waals surface area contributed by atoms with Crippen LogP contribution >= 0.6 is 0 Å². The quantitative estimate of drug-likeness (QED) is 0.787. The van der Waals surface area contributed by atoms with Crippen molar-refractivity contribution >= 4 is 11.6 Å². The number of para-hydroxylation sites is 1. The van der Waals surface area contributed by atoms with Gasteiger partial charge in [-0.25, -0.2) is 4.98 Å². The molecule has 0 spiro atoms. The maximum atomic E-state index is 12.4. The number of carbonyl (C=O) groups is 1. The standard InChI is InChI=1S/C18H17N3O2/c1-23-17-8-3-2-7-16(17)18(22)20-15-6-4-5-14(11-15)12-21-10-9-19-13-21/h2-11,13H,12H2,1H3,(H,20,22). The third-order valence-electron chi connectivity index (χ3n) is 3.46. The summed E-state index contributed by atoms with van der Waals surface area (Å²) in [5, 5.41) is 2.91. The number of nitrogens with one attached hydrogen (secondary N) is 1. The lowest BCUT2D eigenvalue weighted by Gasteiger charge is -2.10. The van der Waals surface area contributed by atoms with Crippen LogP contribution in [0.2, 0.25) is 0 Å². The Morgan fingerprint density at radius 1 is 1.22 bits per heavy atom. The van der Waals surface area contributed by atoms with E-state index in [0.717, 1.165) is 11.3 Å². The van der Waals surface area contributed by atoms with E-state index in [4.69, 9.17) is 4.74 Å². The van der Waals surface area contributed by atoms with E-state index in [1.165, 1.54) is 0 Å². The monoisotopic (exact) mass is 307 g/mol. The largest absolute Gasteiger partial charge is 0.496 e. The lowest BCUT2D eigenvalue weighted by Crippen LogP contribution is -2.13. The van der Waals surface area contributed by atoms with Gasteiger partial charge in [0.1, 0.15) is 5.75 Å². The van der Waals surface area contributed by atoms with Crippen LogP contribution in [0, 0.1) is 0 Å². The normalized spacial score (nSPS) is 10.3. The molecule has 0 aliphatic carbocycles. The molecule has 3 aromatic rings. The molecule has 0 aliphatic rings. The van der Waals surface area contributed by atoms with E-state index in [1.54, 1.807) is 31.8 Å². The molecule has 1 heterocycles. The Bertz CT molecular complexity index is 798. The summed E-state index contributed by atoms with van der Waals surface area (Å²) in [4.78, 5) is 16.4. The molecule has 0 unspecified atom stereocenters. The summed E-state index contributed by atoms with van der Waals surface area (Å²) in [6.45, 7) is 0.707. The number of carbonyl (C=O) groups excluding carboxylic acids is 1. The van der Waals surface area contributed by atoms with Gasteiger partial charge in [-0.15, -0.1) is 0 Å². The fraction of sp³-hybridized carbons (Fsp3) is 0.111. The Balaban J connectivity index is 1.76. The van der Waals surface area contributed by atoms with Crippen molar-refractivity contribution in [2.75, 3.05) is 12.4 Å². The van der Waals surface area contributed by atoms with Crippen LogP contribution in [-0.4, -0.2) is 22.6 Å². The molecule has 0 saturated heterocycles. The Labute approximate surface area is 134 Å². The third-order valence-corrected chi connectivity index (χ3v) is 3.46. The van der Waals surface area contributed by atoms with Gasteiger partial charge in [-0.2, -0.15) is 0 Å². The number of rotatable bonds is 5. The van der Waals surface area contributed by atoms with Crippen molar-refractivity contribution in [3.8, 4) is 5.75 Å². The van der Waals surface area contributed by atoms with Crippen molar-refractivity contribution in [3.63, 3.8) is 0 Å². The summed E-state index contributed by atoms with van der Waals surface area (Å²) < 4.78 is 7.20. The Morgan fingerprint density at radius 3 is 2.87 bits per heavy atom. The lowest BCUT2D eigenvalue weighted by atomic mass is 10.1. The Kier molecular flexibility index (Phi) is 4.38. The fourth-order valence-corrected chi connectivity index (χ4v) is 2.37. The number of nitrogens with zero attached hydrogens (tertiary/aromatic N) is 2. The van der Waals surface area contributed by atoms with Crippen LogP contribution in [0.1, 0.15) is 15.9 Å². The zero-order valence-corrected chi connectivity index (χ0v) is 12.8. The summed E-state index contributed by atoms with van der Waals surface area (Å²) in [6.07, 6.45) is 5.41. The molecule has 0 atom stereocenters. The van der Waals surface area contributed by atoms with E-state index >= 15 is 0 Å². The van der Waals surface area contributed by atoms with Gasteiger partial charge in [-0.3, -0.25) is 4.79 Å². The van der Waals surface area contributed by atoms with Gasteiger partial charge in [0.2, 0.25) is 0 Å². The number of benzene rings is 2. The molecule has 1 aromatic heterocycles. The average molecular weight is 307 g/mol. The van der Waals surface area contributed by atoms with E-state index in [9.17, 15) is 4.79 Å². The smallest absolute Gasteiger partial charge is 0.259 e. The van der Waals surface area contributed by atoms with Crippen LogP contribution in [0.5, 0.6) is 5.75 Å². The molecule has 5 heteroatoms. The molecule has 23 heavy (non-hydrogen) atoms. The minimum atomic E-state index is -0.192. The minimum Gasteiger partial charge on any atom is -0.496 e. The van der Waals surface area contributed by atoms with E-state index < -0.39 is 0 Å². The van der Waals surface area contributed by atoms with Crippen LogP contribution in [0.4, 0.5) is 5.69 Å². The van der Waals surface area contributed by atoms with Gasteiger partial charge in [-0.1, -0.05) is 24.3 Å². The van der Waals surface area contributed by atoms with Crippen molar-refractivity contribution in [2.24, 2.45) is 0 Å². The number of hydrogen-bond donors (Lipinski definition) is 1. The predicted octanol–water partition coefficient (Wildman–Crippen LogP) is 3.19. The van der Waals surface area contributed by atoms with Crippen LogP contribution in [0.3, 0.4) is 0 Å². The first-order chi connectivity index (χ1) is 11.3. The molecule has 0 bridgehead atoms. The number of ether oxygens (including phenoxy) is 1. The number of imidazole rings is 1. The second-order valence-corrected chi connectivity index (χ2v) is 5.09. The van der Waals surface area contributed by atoms with Crippen molar-refractivity contribution in [1.82, 2.24) is 9.55 Å². The summed E-state index contributed by atoms with van der Waals surface area (Å²) in [6, 6.07) is 14.9. The lowest BCUT2D eigenvalue weighted by molar-refractivity contribution is 0.102. The fourth-order valence-electron chi connectivity index (χ4n) is 2.37. The van der Waals surface area contributed by atoms with E-state index in [1.807, 2.05) is 47.2 Å². The Hall–Kier alpha value is -3.08. The molecular formula is C18H17N3O2. The van der Waals surface area contributed by atoms with E-state index in [-0.39, 0.29) is 5.91 Å². The summed E-state index contributed by atoms with van der Waals surface area (Å²) in [5.41, 5.74) is 2.34. The zero-order valence-electron chi connectivity index (χ0n) is 12.8. The van der Waals surface area contributed by atoms with Crippen molar-refractivity contribution in [1.29, 1.82) is 0 Å². The second-order valence-electron chi connectivity index (χ2n) is 5.09.